The number of halogens is 1. The molecule has 1 aromatic heterocycles. The van der Waals surface area contributed by atoms with Crippen LogP contribution in [0.1, 0.15) is 5.69 Å². The monoisotopic (exact) mass is 248 g/mol. The van der Waals surface area contributed by atoms with E-state index in [1.165, 1.54) is 6.33 Å². The van der Waals surface area contributed by atoms with Crippen LogP contribution in [-0.2, 0) is 0 Å². The lowest BCUT2D eigenvalue weighted by atomic mass is 10.1. The lowest BCUT2D eigenvalue weighted by Crippen LogP contribution is -1.91. The molecule has 0 saturated heterocycles. The van der Waals surface area contributed by atoms with Gasteiger partial charge in [-0.25, -0.2) is 9.97 Å². The van der Waals surface area contributed by atoms with Gasteiger partial charge >= 0.3 is 0 Å². The molecule has 0 fully saturated rings. The highest BCUT2D eigenvalue weighted by molar-refractivity contribution is 6.34. The van der Waals surface area contributed by atoms with Gasteiger partial charge in [-0.15, -0.1) is 4.91 Å². The third-order valence-corrected chi connectivity index (χ3v) is 2.62. The van der Waals surface area contributed by atoms with Gasteiger partial charge in [-0.05, 0) is 30.3 Å². The first kappa shape index (κ1) is 11.5. The Morgan fingerprint density at radius 1 is 1.29 bits per heavy atom. The number of rotatable bonds is 2. The number of anilines is 1. The van der Waals surface area contributed by atoms with E-state index in [9.17, 15) is 4.91 Å². The Bertz CT molecular complexity index is 586. The van der Waals surface area contributed by atoms with Gasteiger partial charge in [-0.1, -0.05) is 11.6 Å². The van der Waals surface area contributed by atoms with E-state index in [0.717, 1.165) is 5.69 Å². The Morgan fingerprint density at radius 3 is 2.71 bits per heavy atom. The SMILES string of the molecule is Cc1cc(-c2cc(Cl)c(N)c(N=O)c2)ncn1. The summed E-state index contributed by atoms with van der Waals surface area (Å²) < 4.78 is 0. The summed E-state index contributed by atoms with van der Waals surface area (Å²) in [6.07, 6.45) is 1.45. The second-order valence-electron chi connectivity index (χ2n) is 3.53. The topological polar surface area (TPSA) is 81.2 Å². The van der Waals surface area contributed by atoms with Crippen molar-refractivity contribution in [1.29, 1.82) is 0 Å². The van der Waals surface area contributed by atoms with Crippen molar-refractivity contribution in [3.63, 3.8) is 0 Å². The van der Waals surface area contributed by atoms with E-state index >= 15 is 0 Å². The van der Waals surface area contributed by atoms with E-state index in [2.05, 4.69) is 15.1 Å². The summed E-state index contributed by atoms with van der Waals surface area (Å²) in [4.78, 5) is 18.7. The van der Waals surface area contributed by atoms with Crippen molar-refractivity contribution >= 4 is 23.0 Å². The van der Waals surface area contributed by atoms with Crippen LogP contribution in [0, 0.1) is 11.8 Å². The fourth-order valence-corrected chi connectivity index (χ4v) is 1.65. The predicted octanol–water partition coefficient (Wildman–Crippen LogP) is 3.09. The number of aryl methyl sites for hydroxylation is 1. The molecular formula is C11H9ClN4O. The maximum atomic E-state index is 10.6. The predicted molar refractivity (Wildman–Crippen MR) is 67.1 cm³/mol. The molecular weight excluding hydrogens is 240 g/mol. The normalized spacial score (nSPS) is 10.2. The van der Waals surface area contributed by atoms with E-state index in [0.29, 0.717) is 11.3 Å². The zero-order valence-corrected chi connectivity index (χ0v) is 9.77. The van der Waals surface area contributed by atoms with Crippen LogP contribution in [0.3, 0.4) is 0 Å². The molecule has 5 nitrogen and oxygen atoms in total. The molecule has 0 aliphatic carbocycles. The standard InChI is InChI=1S/C11H9ClN4O/c1-6-2-9(15-5-14-6)7-3-8(12)11(13)10(4-7)16-17/h2-5H,13H2,1H3. The van der Waals surface area contributed by atoms with Gasteiger partial charge in [-0.2, -0.15) is 0 Å². The van der Waals surface area contributed by atoms with Gasteiger partial charge in [-0.3, -0.25) is 0 Å². The Morgan fingerprint density at radius 2 is 2.06 bits per heavy atom. The van der Waals surface area contributed by atoms with E-state index in [-0.39, 0.29) is 16.4 Å². The smallest absolute Gasteiger partial charge is 0.133 e. The fourth-order valence-electron chi connectivity index (χ4n) is 1.44. The molecule has 2 aromatic rings. The quantitative estimate of drug-likeness (QED) is 0.654. The summed E-state index contributed by atoms with van der Waals surface area (Å²) >= 11 is 5.92. The first-order chi connectivity index (χ1) is 8.11. The van der Waals surface area contributed by atoms with Crippen LogP contribution in [0.2, 0.25) is 5.02 Å². The Labute approximate surface area is 103 Å². The molecule has 2 N–H and O–H groups in total. The zero-order valence-electron chi connectivity index (χ0n) is 9.01. The number of benzene rings is 1. The van der Waals surface area contributed by atoms with Crippen LogP contribution in [0.25, 0.3) is 11.3 Å². The van der Waals surface area contributed by atoms with Crippen LogP contribution in [0.4, 0.5) is 11.4 Å². The number of hydrogen-bond acceptors (Lipinski definition) is 5. The number of nitroso groups, excluding NO2 is 1. The van der Waals surface area contributed by atoms with Gasteiger partial charge in [0.05, 0.1) is 16.4 Å². The van der Waals surface area contributed by atoms with Crippen LogP contribution in [0.5, 0.6) is 0 Å². The summed E-state index contributed by atoms with van der Waals surface area (Å²) in [6.45, 7) is 1.85. The minimum Gasteiger partial charge on any atom is -0.396 e. The molecule has 0 saturated carbocycles. The maximum Gasteiger partial charge on any atom is 0.133 e. The summed E-state index contributed by atoms with van der Waals surface area (Å²) in [6, 6.07) is 4.99. The third kappa shape index (κ3) is 2.24. The molecule has 1 heterocycles. The molecule has 0 radical (unpaired) electrons. The lowest BCUT2D eigenvalue weighted by molar-refractivity contribution is 1.11. The van der Waals surface area contributed by atoms with Crippen LogP contribution in [-0.4, -0.2) is 9.97 Å². The van der Waals surface area contributed by atoms with Crippen LogP contribution >= 0.6 is 11.6 Å². The average Bonchev–Trinajstić information content (AvgIpc) is 2.32. The van der Waals surface area contributed by atoms with Crippen molar-refractivity contribution in [3.8, 4) is 11.3 Å². The van der Waals surface area contributed by atoms with Gasteiger partial charge < -0.3 is 5.73 Å². The molecule has 0 amide bonds. The third-order valence-electron chi connectivity index (χ3n) is 2.31. The molecule has 86 valence electrons. The second-order valence-corrected chi connectivity index (χ2v) is 3.93. The molecule has 0 aliphatic heterocycles. The lowest BCUT2D eigenvalue weighted by Gasteiger charge is -2.05. The Balaban J connectivity index is 2.60. The van der Waals surface area contributed by atoms with E-state index in [1.807, 2.05) is 6.92 Å². The fraction of sp³-hybridized carbons (Fsp3) is 0.0909. The highest BCUT2D eigenvalue weighted by Crippen LogP contribution is 2.34. The minimum atomic E-state index is 0.115. The van der Waals surface area contributed by atoms with Crippen molar-refractivity contribution in [3.05, 3.63) is 40.2 Å². The molecule has 0 unspecified atom stereocenters. The number of aromatic nitrogens is 2. The van der Waals surface area contributed by atoms with Gasteiger partial charge in [0.15, 0.2) is 0 Å². The van der Waals surface area contributed by atoms with Crippen molar-refractivity contribution in [2.24, 2.45) is 5.18 Å². The zero-order chi connectivity index (χ0) is 12.4. The minimum absolute atomic E-state index is 0.115. The van der Waals surface area contributed by atoms with E-state index in [4.69, 9.17) is 17.3 Å². The first-order valence-electron chi connectivity index (χ1n) is 4.83. The molecule has 0 aliphatic rings. The number of nitrogen functional groups attached to an aromatic ring is 1. The highest BCUT2D eigenvalue weighted by atomic mass is 35.5. The molecule has 2 rings (SSSR count). The number of nitrogens with two attached hydrogens (primary N) is 1. The van der Waals surface area contributed by atoms with Crippen LogP contribution < -0.4 is 5.73 Å². The number of hydrogen-bond donors (Lipinski definition) is 1. The Kier molecular flexibility index (Phi) is 3.01. The van der Waals surface area contributed by atoms with Crippen molar-refractivity contribution < 1.29 is 0 Å². The average molecular weight is 249 g/mol. The summed E-state index contributed by atoms with van der Waals surface area (Å²) in [5.74, 6) is 0. The molecule has 0 spiro atoms. The van der Waals surface area contributed by atoms with E-state index < -0.39 is 0 Å². The second kappa shape index (κ2) is 4.47. The van der Waals surface area contributed by atoms with Crippen molar-refractivity contribution in [1.82, 2.24) is 9.97 Å². The van der Waals surface area contributed by atoms with Crippen LogP contribution in [0.15, 0.2) is 29.7 Å². The van der Waals surface area contributed by atoms with Crippen molar-refractivity contribution in [2.75, 3.05) is 5.73 Å². The largest absolute Gasteiger partial charge is 0.396 e. The van der Waals surface area contributed by atoms with Gasteiger partial charge in [0.25, 0.3) is 0 Å². The summed E-state index contributed by atoms with van der Waals surface area (Å²) in [5, 5.41) is 3.12. The molecule has 17 heavy (non-hydrogen) atoms. The van der Waals surface area contributed by atoms with Gasteiger partial charge in [0.2, 0.25) is 0 Å². The summed E-state index contributed by atoms with van der Waals surface area (Å²) in [7, 11) is 0. The van der Waals surface area contributed by atoms with Crippen molar-refractivity contribution in [2.45, 2.75) is 6.92 Å². The van der Waals surface area contributed by atoms with Gasteiger partial charge in [0, 0.05) is 11.3 Å². The number of nitrogens with zero attached hydrogens (tertiary/aromatic N) is 3. The summed E-state index contributed by atoms with van der Waals surface area (Å²) in [5.41, 5.74) is 8.08. The molecule has 0 bridgehead atoms. The Hall–Kier alpha value is -2.01. The molecule has 0 atom stereocenters. The highest BCUT2D eigenvalue weighted by Gasteiger charge is 2.09. The van der Waals surface area contributed by atoms with E-state index in [1.54, 1.807) is 18.2 Å². The first-order valence-corrected chi connectivity index (χ1v) is 5.21. The van der Waals surface area contributed by atoms with Gasteiger partial charge in [0.1, 0.15) is 12.0 Å². The molecule has 6 heteroatoms. The molecule has 1 aromatic carbocycles. The maximum absolute atomic E-state index is 10.6.